The van der Waals surface area contributed by atoms with Gasteiger partial charge in [0, 0.05) is 18.1 Å². The number of hydrogen-bond acceptors (Lipinski definition) is 3. The number of aromatic nitrogens is 2. The van der Waals surface area contributed by atoms with Crippen molar-refractivity contribution in [3.8, 4) is 5.69 Å². The number of amides is 2. The zero-order valence-corrected chi connectivity index (χ0v) is 12.8. The molecule has 1 atom stereocenters. The highest BCUT2D eigenvalue weighted by molar-refractivity contribution is 5.74. The molecule has 0 bridgehead atoms. The molecule has 6 nitrogen and oxygen atoms in total. The second kappa shape index (κ2) is 6.83. The van der Waals surface area contributed by atoms with E-state index in [2.05, 4.69) is 15.6 Å². The minimum atomic E-state index is -0.234. The summed E-state index contributed by atoms with van der Waals surface area (Å²) >= 11 is 0. The van der Waals surface area contributed by atoms with E-state index in [-0.39, 0.29) is 12.1 Å². The number of urea groups is 1. The highest BCUT2D eigenvalue weighted by Crippen LogP contribution is 2.16. The lowest BCUT2D eigenvalue weighted by Crippen LogP contribution is -2.36. The Morgan fingerprint density at radius 3 is 3.00 bits per heavy atom. The Kier molecular flexibility index (Phi) is 4.42. The molecule has 0 aliphatic carbocycles. The Hall–Kier alpha value is -3.02. The minimum Gasteiger partial charge on any atom is -0.467 e. The van der Waals surface area contributed by atoms with Crippen molar-refractivity contribution in [2.75, 3.05) is 0 Å². The number of nitrogens with one attached hydrogen (secondary N) is 2. The molecule has 2 amide bonds. The molecule has 1 aromatic carbocycles. The molecule has 3 rings (SSSR count). The summed E-state index contributed by atoms with van der Waals surface area (Å²) in [4.78, 5) is 16.0. The van der Waals surface area contributed by atoms with Crippen molar-refractivity contribution in [1.82, 2.24) is 20.2 Å². The summed E-state index contributed by atoms with van der Waals surface area (Å²) in [6.45, 7) is 2.31. The lowest BCUT2D eigenvalue weighted by Gasteiger charge is -2.16. The van der Waals surface area contributed by atoms with Crippen LogP contribution in [-0.2, 0) is 6.54 Å². The molecule has 23 heavy (non-hydrogen) atoms. The molecule has 3 aromatic rings. The maximum atomic E-state index is 12.0. The lowest BCUT2D eigenvalue weighted by atomic mass is 10.1. The molecular weight excluding hydrogens is 292 g/mol. The van der Waals surface area contributed by atoms with E-state index >= 15 is 0 Å². The average Bonchev–Trinajstić information content (AvgIpc) is 3.26. The van der Waals surface area contributed by atoms with Crippen LogP contribution >= 0.6 is 0 Å². The van der Waals surface area contributed by atoms with Crippen LogP contribution in [0.25, 0.3) is 5.69 Å². The minimum absolute atomic E-state index is 0.116. The van der Waals surface area contributed by atoms with Crippen LogP contribution in [0, 0.1) is 0 Å². The quantitative estimate of drug-likeness (QED) is 0.761. The largest absolute Gasteiger partial charge is 0.467 e. The van der Waals surface area contributed by atoms with E-state index in [9.17, 15) is 4.79 Å². The summed E-state index contributed by atoms with van der Waals surface area (Å²) in [5.74, 6) is 0.718. The van der Waals surface area contributed by atoms with Gasteiger partial charge in [0.1, 0.15) is 5.76 Å². The molecule has 2 N–H and O–H groups in total. The summed E-state index contributed by atoms with van der Waals surface area (Å²) in [6.07, 6.45) is 6.94. The van der Waals surface area contributed by atoms with Crippen molar-refractivity contribution in [2.45, 2.75) is 19.5 Å². The highest BCUT2D eigenvalue weighted by atomic mass is 16.3. The molecule has 0 saturated heterocycles. The number of furan rings is 1. The predicted molar refractivity (Wildman–Crippen MR) is 86.1 cm³/mol. The zero-order chi connectivity index (χ0) is 16.1. The molecule has 2 heterocycles. The van der Waals surface area contributed by atoms with Crippen molar-refractivity contribution in [3.63, 3.8) is 0 Å². The second-order valence-electron chi connectivity index (χ2n) is 5.19. The number of carbonyl (C=O) groups is 1. The standard InChI is InChI=1S/C17H18N4O2/c1-13(20-17(22)19-11-16-6-3-9-23-16)14-4-2-5-15(10-14)21-8-7-18-12-21/h2-10,12-13H,11H2,1H3,(H2,19,20,22)/t13-/m1/s1. The Balaban J connectivity index is 1.60. The number of nitrogens with zero attached hydrogens (tertiary/aromatic N) is 2. The van der Waals surface area contributed by atoms with E-state index < -0.39 is 0 Å². The van der Waals surface area contributed by atoms with Gasteiger partial charge in [0.25, 0.3) is 0 Å². The van der Waals surface area contributed by atoms with Gasteiger partial charge in [-0.05, 0) is 36.8 Å². The van der Waals surface area contributed by atoms with Crippen molar-refractivity contribution in [2.24, 2.45) is 0 Å². The van der Waals surface area contributed by atoms with E-state index in [1.165, 1.54) is 0 Å². The third kappa shape index (κ3) is 3.79. The summed E-state index contributed by atoms with van der Waals surface area (Å²) in [5, 5.41) is 5.68. The van der Waals surface area contributed by atoms with Gasteiger partial charge in [-0.3, -0.25) is 0 Å². The third-order valence-corrected chi connectivity index (χ3v) is 3.52. The van der Waals surface area contributed by atoms with Crippen molar-refractivity contribution in [1.29, 1.82) is 0 Å². The Morgan fingerprint density at radius 2 is 2.26 bits per heavy atom. The third-order valence-electron chi connectivity index (χ3n) is 3.52. The predicted octanol–water partition coefficient (Wildman–Crippen LogP) is 3.03. The van der Waals surface area contributed by atoms with Crippen LogP contribution in [0.15, 0.2) is 65.8 Å². The molecule has 0 spiro atoms. The van der Waals surface area contributed by atoms with E-state index in [1.54, 1.807) is 24.9 Å². The number of carbonyl (C=O) groups excluding carboxylic acids is 1. The van der Waals surface area contributed by atoms with E-state index in [0.717, 1.165) is 17.0 Å². The van der Waals surface area contributed by atoms with Gasteiger partial charge in [-0.15, -0.1) is 0 Å². The second-order valence-corrected chi connectivity index (χ2v) is 5.19. The van der Waals surface area contributed by atoms with Gasteiger partial charge in [-0.1, -0.05) is 12.1 Å². The van der Waals surface area contributed by atoms with E-state index in [1.807, 2.05) is 48.0 Å². The molecule has 0 fully saturated rings. The zero-order valence-electron chi connectivity index (χ0n) is 12.8. The van der Waals surface area contributed by atoms with Crippen LogP contribution in [-0.4, -0.2) is 15.6 Å². The average molecular weight is 310 g/mol. The first-order chi connectivity index (χ1) is 11.2. The lowest BCUT2D eigenvalue weighted by molar-refractivity contribution is 0.236. The fourth-order valence-corrected chi connectivity index (χ4v) is 2.28. The fraction of sp³-hybridized carbons (Fsp3) is 0.176. The van der Waals surface area contributed by atoms with Gasteiger partial charge in [-0.2, -0.15) is 0 Å². The molecule has 0 unspecified atom stereocenters. The van der Waals surface area contributed by atoms with Gasteiger partial charge in [0.2, 0.25) is 0 Å². The van der Waals surface area contributed by atoms with Crippen LogP contribution in [0.2, 0.25) is 0 Å². The van der Waals surface area contributed by atoms with E-state index in [0.29, 0.717) is 6.54 Å². The van der Waals surface area contributed by atoms with Gasteiger partial charge >= 0.3 is 6.03 Å². The Bertz CT molecular complexity index is 751. The number of benzene rings is 1. The summed E-state index contributed by atoms with van der Waals surface area (Å²) < 4.78 is 7.10. The molecular formula is C17H18N4O2. The van der Waals surface area contributed by atoms with Gasteiger partial charge in [0.15, 0.2) is 0 Å². The maximum absolute atomic E-state index is 12.0. The van der Waals surface area contributed by atoms with Gasteiger partial charge in [-0.25, -0.2) is 9.78 Å². The Morgan fingerprint density at radius 1 is 1.35 bits per heavy atom. The highest BCUT2D eigenvalue weighted by Gasteiger charge is 2.10. The van der Waals surface area contributed by atoms with Crippen LogP contribution in [0.5, 0.6) is 0 Å². The first-order valence-electron chi connectivity index (χ1n) is 7.37. The smallest absolute Gasteiger partial charge is 0.315 e. The van der Waals surface area contributed by atoms with Crippen molar-refractivity contribution >= 4 is 6.03 Å². The number of hydrogen-bond donors (Lipinski definition) is 2. The molecule has 0 aliphatic rings. The molecule has 0 saturated carbocycles. The van der Waals surface area contributed by atoms with Crippen LogP contribution < -0.4 is 10.6 Å². The molecule has 118 valence electrons. The van der Waals surface area contributed by atoms with Crippen LogP contribution in [0.4, 0.5) is 4.79 Å². The summed E-state index contributed by atoms with van der Waals surface area (Å²) in [7, 11) is 0. The van der Waals surface area contributed by atoms with Crippen LogP contribution in [0.1, 0.15) is 24.3 Å². The van der Waals surface area contributed by atoms with Crippen molar-refractivity contribution < 1.29 is 9.21 Å². The first kappa shape index (κ1) is 14.9. The Labute approximate surface area is 134 Å². The monoisotopic (exact) mass is 310 g/mol. The van der Waals surface area contributed by atoms with Crippen LogP contribution in [0.3, 0.4) is 0 Å². The van der Waals surface area contributed by atoms with E-state index in [4.69, 9.17) is 4.42 Å². The molecule has 0 aliphatic heterocycles. The van der Waals surface area contributed by atoms with Gasteiger partial charge in [0.05, 0.1) is 25.2 Å². The van der Waals surface area contributed by atoms with Crippen molar-refractivity contribution in [3.05, 3.63) is 72.7 Å². The first-order valence-corrected chi connectivity index (χ1v) is 7.37. The summed E-state index contributed by atoms with van der Waals surface area (Å²) in [5.41, 5.74) is 2.02. The SMILES string of the molecule is C[C@@H](NC(=O)NCc1ccco1)c1cccc(-n2ccnc2)c1. The molecule has 0 radical (unpaired) electrons. The van der Waals surface area contributed by atoms with Gasteiger partial charge < -0.3 is 19.6 Å². The number of imidazole rings is 1. The number of rotatable bonds is 5. The molecule has 2 aromatic heterocycles. The topological polar surface area (TPSA) is 72.1 Å². The molecule has 6 heteroatoms. The maximum Gasteiger partial charge on any atom is 0.315 e. The summed E-state index contributed by atoms with van der Waals surface area (Å²) in [6, 6.07) is 11.2. The fourth-order valence-electron chi connectivity index (χ4n) is 2.28. The normalized spacial score (nSPS) is 11.9.